The molecule has 0 aromatic heterocycles. The summed E-state index contributed by atoms with van der Waals surface area (Å²) in [6, 6.07) is 17.8. The smallest absolute Gasteiger partial charge is 0.328 e. The Kier molecular flexibility index (Phi) is 14.4. The first-order chi connectivity index (χ1) is 18.4. The molecule has 0 saturated carbocycles. The van der Waals surface area contributed by atoms with Crippen LogP contribution in [0, 0.1) is 0 Å². The van der Waals surface area contributed by atoms with E-state index >= 15 is 0 Å². The summed E-state index contributed by atoms with van der Waals surface area (Å²) in [5.74, 6) is -1.05. The molecular weight excluding hydrogens is 484 g/mol. The van der Waals surface area contributed by atoms with E-state index < -0.39 is 18.1 Å². The summed E-state index contributed by atoms with van der Waals surface area (Å²) in [6.45, 7) is 4.28. The Hall–Kier alpha value is -3.52. The van der Waals surface area contributed by atoms with Crippen molar-refractivity contribution in [2.75, 3.05) is 19.8 Å². The van der Waals surface area contributed by atoms with E-state index in [1.165, 1.54) is 6.92 Å². The molecule has 2 atom stereocenters. The maximum atomic E-state index is 12.8. The van der Waals surface area contributed by atoms with Crippen LogP contribution in [0.5, 0.6) is 0 Å². The number of amides is 1. The first kappa shape index (κ1) is 30.7. The van der Waals surface area contributed by atoms with E-state index in [0.29, 0.717) is 45.1 Å². The van der Waals surface area contributed by atoms with Crippen molar-refractivity contribution in [1.82, 2.24) is 10.6 Å². The Labute approximate surface area is 225 Å². The second-order valence-corrected chi connectivity index (χ2v) is 9.21. The molecule has 2 aromatic carbocycles. The summed E-state index contributed by atoms with van der Waals surface area (Å²) in [5.41, 5.74) is 1.93. The number of carbonyl (C=O) groups excluding carboxylic acids is 4. The molecule has 0 fully saturated rings. The monoisotopic (exact) mass is 524 g/mol. The van der Waals surface area contributed by atoms with E-state index in [-0.39, 0.29) is 37.3 Å². The van der Waals surface area contributed by atoms with E-state index in [0.717, 1.165) is 11.1 Å². The summed E-state index contributed by atoms with van der Waals surface area (Å²) in [4.78, 5) is 48.9. The highest BCUT2D eigenvalue weighted by atomic mass is 16.5. The molecule has 0 aliphatic carbocycles. The number of carbonyl (C=O) groups is 4. The number of likely N-dealkylation sites (N-methyl/N-ethyl adjacent to an activating group) is 1. The molecule has 2 unspecified atom stereocenters. The first-order valence-corrected chi connectivity index (χ1v) is 13.3. The topological polar surface area (TPSA) is 111 Å². The largest absolute Gasteiger partial charge is 0.464 e. The standard InChI is InChI=1S/C30H40N2O6/c1-3-31-26(21-24-14-6-4-7-15-24)29(35)37-19-12-20-38-30(36)27(22-25-16-8-5-9-17-25)32-28(34)18-11-10-13-23(2)33/h4-9,14-17,26-27,31H,3,10-13,18-22H2,1-2H3,(H,32,34). The molecule has 206 valence electrons. The fourth-order valence-electron chi connectivity index (χ4n) is 3.91. The Balaban J connectivity index is 1.80. The molecule has 38 heavy (non-hydrogen) atoms. The van der Waals surface area contributed by atoms with Gasteiger partial charge in [0.2, 0.25) is 5.91 Å². The van der Waals surface area contributed by atoms with Crippen molar-refractivity contribution in [3.05, 3.63) is 71.8 Å². The lowest BCUT2D eigenvalue weighted by Crippen LogP contribution is -2.43. The minimum Gasteiger partial charge on any atom is -0.464 e. The third-order valence-corrected chi connectivity index (χ3v) is 5.88. The number of hydrogen-bond donors (Lipinski definition) is 2. The van der Waals surface area contributed by atoms with Crippen molar-refractivity contribution in [2.45, 2.75) is 70.9 Å². The summed E-state index contributed by atoms with van der Waals surface area (Å²) in [5, 5.41) is 5.93. The molecule has 8 nitrogen and oxygen atoms in total. The fourth-order valence-corrected chi connectivity index (χ4v) is 3.91. The SMILES string of the molecule is CCNC(Cc1ccccc1)C(=O)OCCCOC(=O)C(Cc1ccccc1)NC(=O)CCCCC(C)=O. The molecule has 0 bridgehead atoms. The second kappa shape index (κ2) is 17.9. The van der Waals surface area contributed by atoms with E-state index in [1.807, 2.05) is 67.6 Å². The van der Waals surface area contributed by atoms with Crippen LogP contribution < -0.4 is 10.6 Å². The number of Topliss-reactive ketones (excluding diaryl/α,β-unsaturated/α-hetero) is 1. The maximum absolute atomic E-state index is 12.8. The molecular formula is C30H40N2O6. The van der Waals surface area contributed by atoms with Gasteiger partial charge in [-0.05, 0) is 43.9 Å². The summed E-state index contributed by atoms with van der Waals surface area (Å²) in [7, 11) is 0. The van der Waals surface area contributed by atoms with Gasteiger partial charge in [0.25, 0.3) is 0 Å². The normalized spacial score (nSPS) is 12.3. The van der Waals surface area contributed by atoms with E-state index in [9.17, 15) is 19.2 Å². The van der Waals surface area contributed by atoms with E-state index in [4.69, 9.17) is 9.47 Å². The number of ether oxygens (including phenoxy) is 2. The van der Waals surface area contributed by atoms with Crippen molar-refractivity contribution < 1.29 is 28.7 Å². The number of nitrogens with one attached hydrogen (secondary N) is 2. The first-order valence-electron chi connectivity index (χ1n) is 13.3. The van der Waals surface area contributed by atoms with Crippen LogP contribution in [0.3, 0.4) is 0 Å². The number of ketones is 1. The highest BCUT2D eigenvalue weighted by molar-refractivity contribution is 5.84. The van der Waals surface area contributed by atoms with Crippen LogP contribution in [0.2, 0.25) is 0 Å². The predicted molar refractivity (Wildman–Crippen MR) is 145 cm³/mol. The van der Waals surface area contributed by atoms with Gasteiger partial charge in [-0.15, -0.1) is 0 Å². The van der Waals surface area contributed by atoms with E-state index in [1.54, 1.807) is 0 Å². The number of rotatable bonds is 18. The van der Waals surface area contributed by atoms with Crippen LogP contribution in [0.1, 0.15) is 57.1 Å². The zero-order chi connectivity index (χ0) is 27.6. The van der Waals surface area contributed by atoms with Crippen LogP contribution in [0.4, 0.5) is 0 Å². The van der Waals surface area contributed by atoms with Crippen molar-refractivity contribution in [2.24, 2.45) is 0 Å². The summed E-state index contributed by atoms with van der Waals surface area (Å²) >= 11 is 0. The van der Waals surface area contributed by atoms with Gasteiger partial charge in [0.05, 0.1) is 13.2 Å². The van der Waals surface area contributed by atoms with Crippen LogP contribution in [-0.2, 0) is 41.5 Å². The molecule has 0 aliphatic rings. The Morgan fingerprint density at radius 2 is 1.21 bits per heavy atom. The minimum atomic E-state index is -0.829. The van der Waals surface area contributed by atoms with Gasteiger partial charge in [-0.1, -0.05) is 67.6 Å². The average Bonchev–Trinajstić information content (AvgIpc) is 2.91. The van der Waals surface area contributed by atoms with Crippen molar-refractivity contribution in [1.29, 1.82) is 0 Å². The van der Waals surface area contributed by atoms with Gasteiger partial charge in [-0.2, -0.15) is 0 Å². The Morgan fingerprint density at radius 1 is 0.711 bits per heavy atom. The van der Waals surface area contributed by atoms with Crippen LogP contribution >= 0.6 is 0 Å². The van der Waals surface area contributed by atoms with Crippen molar-refractivity contribution in [3.63, 3.8) is 0 Å². The van der Waals surface area contributed by atoms with Crippen molar-refractivity contribution >= 4 is 23.6 Å². The molecule has 0 radical (unpaired) electrons. The van der Waals surface area contributed by atoms with Gasteiger partial charge in [0.1, 0.15) is 17.9 Å². The molecule has 8 heteroatoms. The molecule has 1 amide bonds. The number of hydrogen-bond acceptors (Lipinski definition) is 7. The van der Waals surface area contributed by atoms with Gasteiger partial charge in [-0.3, -0.25) is 9.59 Å². The highest BCUT2D eigenvalue weighted by Gasteiger charge is 2.23. The molecule has 0 saturated heterocycles. The van der Waals surface area contributed by atoms with E-state index in [2.05, 4.69) is 10.6 Å². The zero-order valence-corrected chi connectivity index (χ0v) is 22.4. The minimum absolute atomic E-state index is 0.0659. The van der Waals surface area contributed by atoms with Crippen LogP contribution in [0.15, 0.2) is 60.7 Å². The summed E-state index contributed by atoms with van der Waals surface area (Å²) in [6.07, 6.45) is 3.05. The molecule has 2 aromatic rings. The average molecular weight is 525 g/mol. The molecule has 2 N–H and O–H groups in total. The lowest BCUT2D eigenvalue weighted by atomic mass is 10.1. The Morgan fingerprint density at radius 3 is 1.74 bits per heavy atom. The maximum Gasteiger partial charge on any atom is 0.328 e. The number of esters is 2. The molecule has 2 rings (SSSR count). The molecule has 0 spiro atoms. The predicted octanol–water partition coefficient (Wildman–Crippen LogP) is 3.56. The molecule has 0 aliphatic heterocycles. The number of benzene rings is 2. The fraction of sp³-hybridized carbons (Fsp3) is 0.467. The highest BCUT2D eigenvalue weighted by Crippen LogP contribution is 2.08. The van der Waals surface area contributed by atoms with Gasteiger partial charge in [-0.25, -0.2) is 4.79 Å². The third kappa shape index (κ3) is 12.6. The van der Waals surface area contributed by atoms with Gasteiger partial charge >= 0.3 is 11.9 Å². The molecule has 0 heterocycles. The van der Waals surface area contributed by atoms with Crippen molar-refractivity contribution in [3.8, 4) is 0 Å². The van der Waals surface area contributed by atoms with Crippen LogP contribution in [0.25, 0.3) is 0 Å². The quantitative estimate of drug-likeness (QED) is 0.227. The van der Waals surface area contributed by atoms with Gasteiger partial charge in [0.15, 0.2) is 0 Å². The van der Waals surface area contributed by atoms with Gasteiger partial charge < -0.3 is 24.9 Å². The lowest BCUT2D eigenvalue weighted by Gasteiger charge is -2.19. The number of unbranched alkanes of at least 4 members (excludes halogenated alkanes) is 1. The third-order valence-electron chi connectivity index (χ3n) is 5.88. The summed E-state index contributed by atoms with van der Waals surface area (Å²) < 4.78 is 10.8. The van der Waals surface area contributed by atoms with Gasteiger partial charge in [0, 0.05) is 25.7 Å². The zero-order valence-electron chi connectivity index (χ0n) is 22.4. The van der Waals surface area contributed by atoms with Crippen LogP contribution in [-0.4, -0.2) is 55.5 Å². The Bertz CT molecular complexity index is 996. The second-order valence-electron chi connectivity index (χ2n) is 9.21. The lowest BCUT2D eigenvalue weighted by molar-refractivity contribution is -0.150.